The van der Waals surface area contributed by atoms with Crippen LogP contribution in [-0.4, -0.2) is 23.7 Å². The van der Waals surface area contributed by atoms with Crippen LogP contribution in [0.5, 0.6) is 0 Å². The number of amides is 1. The van der Waals surface area contributed by atoms with Gasteiger partial charge in [0.1, 0.15) is 0 Å². The zero-order chi connectivity index (χ0) is 14.5. The number of thioether (sulfide) groups is 1. The van der Waals surface area contributed by atoms with E-state index in [1.165, 1.54) is 37.0 Å². The fraction of sp³-hybridized carbons (Fsp3) is 0.588. The Hall–Kier alpha value is -0.710. The molecule has 0 radical (unpaired) electrons. The monoisotopic (exact) mass is 340 g/mol. The standard InChI is InChI=1S/C17H24N2OS.ClH/c20-17(16-7-3-4-12-18-16)19-13-8-10-15(11-9-13)21-14-5-1-2-6-14;/h8-11,14,16,18H,1-7,12H2,(H,19,20);1H/t16-;/m0./s1. The molecule has 0 spiro atoms. The van der Waals surface area contributed by atoms with E-state index in [0.717, 1.165) is 30.3 Å². The second kappa shape index (κ2) is 8.80. The molecule has 1 amide bonds. The molecule has 1 aromatic carbocycles. The van der Waals surface area contributed by atoms with Crippen molar-refractivity contribution in [3.63, 3.8) is 0 Å². The van der Waals surface area contributed by atoms with Gasteiger partial charge in [0.25, 0.3) is 0 Å². The molecule has 5 heteroatoms. The van der Waals surface area contributed by atoms with Crippen molar-refractivity contribution in [1.82, 2.24) is 5.32 Å². The fourth-order valence-electron chi connectivity index (χ4n) is 3.12. The van der Waals surface area contributed by atoms with Gasteiger partial charge in [0, 0.05) is 15.8 Å². The summed E-state index contributed by atoms with van der Waals surface area (Å²) in [6.45, 7) is 0.953. The largest absolute Gasteiger partial charge is 0.325 e. The molecule has 122 valence electrons. The number of hydrogen-bond acceptors (Lipinski definition) is 3. The summed E-state index contributed by atoms with van der Waals surface area (Å²) >= 11 is 1.98. The lowest BCUT2D eigenvalue weighted by Gasteiger charge is -2.22. The molecule has 1 heterocycles. The molecule has 0 bridgehead atoms. The van der Waals surface area contributed by atoms with E-state index in [4.69, 9.17) is 0 Å². The van der Waals surface area contributed by atoms with Crippen LogP contribution in [0.1, 0.15) is 44.9 Å². The second-order valence-corrected chi connectivity index (χ2v) is 7.41. The van der Waals surface area contributed by atoms with E-state index < -0.39 is 0 Å². The van der Waals surface area contributed by atoms with E-state index >= 15 is 0 Å². The van der Waals surface area contributed by atoms with Crippen molar-refractivity contribution in [3.05, 3.63) is 24.3 Å². The minimum absolute atomic E-state index is 0. The van der Waals surface area contributed by atoms with E-state index in [2.05, 4.69) is 22.8 Å². The summed E-state index contributed by atoms with van der Waals surface area (Å²) in [7, 11) is 0. The molecule has 1 atom stereocenters. The number of carbonyl (C=O) groups is 1. The molecule has 1 saturated carbocycles. The highest BCUT2D eigenvalue weighted by molar-refractivity contribution is 8.00. The van der Waals surface area contributed by atoms with Gasteiger partial charge in [-0.05, 0) is 56.5 Å². The SMILES string of the molecule is Cl.O=C(Nc1ccc(SC2CCCC2)cc1)[C@@H]1CCCCN1. The molecule has 0 unspecified atom stereocenters. The number of carbonyl (C=O) groups excluding carboxylic acids is 1. The van der Waals surface area contributed by atoms with Crippen LogP contribution in [0, 0.1) is 0 Å². The average molecular weight is 341 g/mol. The number of hydrogen-bond donors (Lipinski definition) is 2. The molecule has 3 rings (SSSR count). The maximum atomic E-state index is 12.2. The van der Waals surface area contributed by atoms with Gasteiger partial charge in [-0.1, -0.05) is 19.3 Å². The van der Waals surface area contributed by atoms with Crippen LogP contribution in [0.3, 0.4) is 0 Å². The van der Waals surface area contributed by atoms with Crippen molar-refractivity contribution in [2.45, 2.75) is 61.1 Å². The normalized spacial score (nSPS) is 22.1. The van der Waals surface area contributed by atoms with Gasteiger partial charge in [0.05, 0.1) is 6.04 Å². The summed E-state index contributed by atoms with van der Waals surface area (Å²) in [4.78, 5) is 13.5. The van der Waals surface area contributed by atoms with E-state index in [9.17, 15) is 4.79 Å². The molecule has 1 aromatic rings. The van der Waals surface area contributed by atoms with Gasteiger partial charge in [-0.15, -0.1) is 24.2 Å². The van der Waals surface area contributed by atoms with Crippen LogP contribution in [0.25, 0.3) is 0 Å². The number of anilines is 1. The third-order valence-corrected chi connectivity index (χ3v) is 5.70. The van der Waals surface area contributed by atoms with Gasteiger partial charge in [-0.25, -0.2) is 0 Å². The Kier molecular flexibility index (Phi) is 7.06. The Morgan fingerprint density at radius 2 is 1.73 bits per heavy atom. The number of rotatable bonds is 4. The van der Waals surface area contributed by atoms with Crippen LogP contribution < -0.4 is 10.6 Å². The smallest absolute Gasteiger partial charge is 0.241 e. The predicted octanol–water partition coefficient (Wildman–Crippen LogP) is 4.22. The fourth-order valence-corrected chi connectivity index (χ4v) is 4.37. The highest BCUT2D eigenvalue weighted by Crippen LogP contribution is 2.34. The van der Waals surface area contributed by atoms with Crippen molar-refractivity contribution in [3.8, 4) is 0 Å². The third kappa shape index (κ3) is 4.90. The van der Waals surface area contributed by atoms with Crippen molar-refractivity contribution in [1.29, 1.82) is 0 Å². The van der Waals surface area contributed by atoms with E-state index in [1.54, 1.807) is 0 Å². The summed E-state index contributed by atoms with van der Waals surface area (Å²) in [5.41, 5.74) is 0.906. The number of halogens is 1. The van der Waals surface area contributed by atoms with Crippen molar-refractivity contribution >= 4 is 35.8 Å². The summed E-state index contributed by atoms with van der Waals surface area (Å²) in [5, 5.41) is 7.09. The first-order chi connectivity index (χ1) is 10.3. The molecule has 2 aliphatic rings. The predicted molar refractivity (Wildman–Crippen MR) is 96.1 cm³/mol. The van der Waals surface area contributed by atoms with Gasteiger partial charge in [-0.2, -0.15) is 0 Å². The van der Waals surface area contributed by atoms with Crippen LogP contribution in [0.15, 0.2) is 29.2 Å². The number of piperidine rings is 1. The van der Waals surface area contributed by atoms with E-state index in [1.807, 2.05) is 23.9 Å². The maximum Gasteiger partial charge on any atom is 0.241 e. The van der Waals surface area contributed by atoms with E-state index in [-0.39, 0.29) is 24.4 Å². The Bertz CT molecular complexity index is 468. The Labute approximate surface area is 143 Å². The first kappa shape index (κ1) is 17.6. The molecule has 1 saturated heterocycles. The minimum atomic E-state index is -0.0220. The summed E-state index contributed by atoms with van der Waals surface area (Å²) < 4.78 is 0. The Balaban J connectivity index is 0.00000176. The topological polar surface area (TPSA) is 41.1 Å². The first-order valence-electron chi connectivity index (χ1n) is 8.12. The highest BCUT2D eigenvalue weighted by Gasteiger charge is 2.20. The zero-order valence-corrected chi connectivity index (χ0v) is 14.5. The van der Waals surface area contributed by atoms with E-state index in [0.29, 0.717) is 0 Å². The zero-order valence-electron chi connectivity index (χ0n) is 12.8. The van der Waals surface area contributed by atoms with Crippen LogP contribution in [0.4, 0.5) is 5.69 Å². The molecular weight excluding hydrogens is 316 g/mol. The van der Waals surface area contributed by atoms with Crippen LogP contribution in [0.2, 0.25) is 0 Å². The lowest BCUT2D eigenvalue weighted by atomic mass is 10.0. The average Bonchev–Trinajstić information content (AvgIpc) is 3.03. The van der Waals surface area contributed by atoms with Crippen molar-refractivity contribution in [2.75, 3.05) is 11.9 Å². The Morgan fingerprint density at radius 3 is 2.36 bits per heavy atom. The second-order valence-electron chi connectivity index (χ2n) is 6.04. The minimum Gasteiger partial charge on any atom is -0.325 e. The van der Waals surface area contributed by atoms with Crippen LogP contribution >= 0.6 is 24.2 Å². The first-order valence-corrected chi connectivity index (χ1v) is 9.00. The Morgan fingerprint density at radius 1 is 1.05 bits per heavy atom. The summed E-state index contributed by atoms with van der Waals surface area (Å²) in [5.74, 6) is 0.103. The lowest BCUT2D eigenvalue weighted by Crippen LogP contribution is -2.43. The number of nitrogens with one attached hydrogen (secondary N) is 2. The number of benzene rings is 1. The van der Waals surface area contributed by atoms with Crippen LogP contribution in [-0.2, 0) is 4.79 Å². The molecule has 1 aliphatic carbocycles. The van der Waals surface area contributed by atoms with Gasteiger partial charge >= 0.3 is 0 Å². The van der Waals surface area contributed by atoms with Gasteiger partial charge < -0.3 is 10.6 Å². The molecule has 22 heavy (non-hydrogen) atoms. The third-order valence-electron chi connectivity index (χ3n) is 4.35. The van der Waals surface area contributed by atoms with Gasteiger partial charge in [0.15, 0.2) is 0 Å². The summed E-state index contributed by atoms with van der Waals surface area (Å²) in [6, 6.07) is 8.29. The highest BCUT2D eigenvalue weighted by atomic mass is 35.5. The molecule has 0 aromatic heterocycles. The molecule has 2 fully saturated rings. The molecule has 3 nitrogen and oxygen atoms in total. The quantitative estimate of drug-likeness (QED) is 0.862. The molecular formula is C17H25ClN2OS. The van der Waals surface area contributed by atoms with Gasteiger partial charge in [-0.3, -0.25) is 4.79 Å². The maximum absolute atomic E-state index is 12.2. The van der Waals surface area contributed by atoms with Crippen molar-refractivity contribution in [2.24, 2.45) is 0 Å². The summed E-state index contributed by atoms with van der Waals surface area (Å²) in [6.07, 6.45) is 8.70. The molecule has 1 aliphatic heterocycles. The molecule has 2 N–H and O–H groups in total. The van der Waals surface area contributed by atoms with Crippen molar-refractivity contribution < 1.29 is 4.79 Å². The van der Waals surface area contributed by atoms with Gasteiger partial charge in [0.2, 0.25) is 5.91 Å². The lowest BCUT2D eigenvalue weighted by molar-refractivity contribution is -0.118.